The fourth-order valence-corrected chi connectivity index (χ4v) is 1.89. The molecule has 0 radical (unpaired) electrons. The summed E-state index contributed by atoms with van der Waals surface area (Å²) in [4.78, 5) is 0. The monoisotopic (exact) mass is 193 g/mol. The van der Waals surface area contributed by atoms with Crippen LogP contribution in [0.2, 0.25) is 0 Å². The summed E-state index contributed by atoms with van der Waals surface area (Å²) in [6.07, 6.45) is 1.16. The number of phenolic OH excluding ortho intramolecular Hbond substituents is 1. The molecule has 0 unspecified atom stereocenters. The molecule has 0 spiro atoms. The minimum atomic E-state index is 0.210. The van der Waals surface area contributed by atoms with Gasteiger partial charge in [-0.3, -0.25) is 0 Å². The van der Waals surface area contributed by atoms with Crippen LogP contribution in [-0.4, -0.2) is 25.3 Å². The van der Waals surface area contributed by atoms with Crippen LogP contribution in [0, 0.1) is 0 Å². The molecule has 3 heteroatoms. The highest BCUT2D eigenvalue weighted by atomic mass is 16.5. The minimum Gasteiger partial charge on any atom is -0.504 e. The number of phenols is 1. The average molecular weight is 193 g/mol. The van der Waals surface area contributed by atoms with Crippen LogP contribution in [0.15, 0.2) is 18.2 Å². The number of hydrogen-bond donors (Lipinski definition) is 2. The van der Waals surface area contributed by atoms with Crippen LogP contribution in [0.1, 0.15) is 17.9 Å². The maximum atomic E-state index is 9.44. The highest BCUT2D eigenvalue weighted by molar-refractivity contribution is 5.43. The van der Waals surface area contributed by atoms with Crippen molar-refractivity contribution in [3.63, 3.8) is 0 Å². The van der Waals surface area contributed by atoms with Gasteiger partial charge in [0.05, 0.1) is 7.11 Å². The molecule has 0 saturated carbocycles. The molecule has 1 aromatic carbocycles. The minimum absolute atomic E-state index is 0.210. The Morgan fingerprint density at radius 1 is 1.50 bits per heavy atom. The normalized spacial score (nSPS) is 21.1. The topological polar surface area (TPSA) is 41.5 Å². The van der Waals surface area contributed by atoms with Gasteiger partial charge in [0.15, 0.2) is 11.5 Å². The first-order valence-electron chi connectivity index (χ1n) is 4.89. The van der Waals surface area contributed by atoms with Crippen molar-refractivity contribution in [1.29, 1.82) is 0 Å². The van der Waals surface area contributed by atoms with Crippen molar-refractivity contribution in [2.24, 2.45) is 0 Å². The van der Waals surface area contributed by atoms with Crippen molar-refractivity contribution >= 4 is 0 Å². The molecule has 0 aliphatic carbocycles. The van der Waals surface area contributed by atoms with E-state index in [1.807, 2.05) is 12.1 Å². The van der Waals surface area contributed by atoms with Gasteiger partial charge in [-0.1, -0.05) is 6.07 Å². The number of methoxy groups -OCH3 is 1. The lowest BCUT2D eigenvalue weighted by Gasteiger charge is -2.11. The Balaban J connectivity index is 2.25. The molecule has 2 rings (SSSR count). The maximum absolute atomic E-state index is 9.44. The zero-order chi connectivity index (χ0) is 9.97. The first kappa shape index (κ1) is 9.34. The van der Waals surface area contributed by atoms with Crippen molar-refractivity contribution in [2.45, 2.75) is 12.3 Å². The Morgan fingerprint density at radius 2 is 2.36 bits per heavy atom. The fourth-order valence-electron chi connectivity index (χ4n) is 1.89. The first-order valence-corrected chi connectivity index (χ1v) is 4.89. The van der Waals surface area contributed by atoms with Gasteiger partial charge in [0, 0.05) is 6.54 Å². The van der Waals surface area contributed by atoms with Gasteiger partial charge in [-0.15, -0.1) is 0 Å². The summed E-state index contributed by atoms with van der Waals surface area (Å²) >= 11 is 0. The Morgan fingerprint density at radius 3 is 3.00 bits per heavy atom. The lowest BCUT2D eigenvalue weighted by Crippen LogP contribution is -2.07. The molecule has 3 nitrogen and oxygen atoms in total. The smallest absolute Gasteiger partial charge is 0.160 e. The van der Waals surface area contributed by atoms with E-state index in [0.717, 1.165) is 19.5 Å². The molecular weight excluding hydrogens is 178 g/mol. The summed E-state index contributed by atoms with van der Waals surface area (Å²) in [6.45, 7) is 2.10. The number of rotatable bonds is 2. The lowest BCUT2D eigenvalue weighted by atomic mass is 9.98. The Labute approximate surface area is 83.7 Å². The Kier molecular flexibility index (Phi) is 2.59. The van der Waals surface area contributed by atoms with E-state index in [1.165, 1.54) is 5.56 Å². The molecule has 0 bridgehead atoms. The lowest BCUT2D eigenvalue weighted by molar-refractivity contribution is 0.372. The summed E-state index contributed by atoms with van der Waals surface area (Å²) in [5.74, 6) is 1.33. The number of hydrogen-bond acceptors (Lipinski definition) is 3. The van der Waals surface area contributed by atoms with Crippen molar-refractivity contribution in [3.8, 4) is 11.5 Å². The molecule has 14 heavy (non-hydrogen) atoms. The molecular formula is C11H15NO2. The van der Waals surface area contributed by atoms with Crippen LogP contribution in [0.3, 0.4) is 0 Å². The van der Waals surface area contributed by atoms with Crippen LogP contribution in [0.5, 0.6) is 11.5 Å². The number of benzene rings is 1. The van der Waals surface area contributed by atoms with E-state index < -0.39 is 0 Å². The van der Waals surface area contributed by atoms with E-state index in [1.54, 1.807) is 13.2 Å². The average Bonchev–Trinajstić information content (AvgIpc) is 2.71. The van der Waals surface area contributed by atoms with Crippen molar-refractivity contribution in [3.05, 3.63) is 23.8 Å². The number of nitrogens with one attached hydrogen (secondary N) is 1. The second-order valence-electron chi connectivity index (χ2n) is 3.62. The molecule has 2 N–H and O–H groups in total. The van der Waals surface area contributed by atoms with Gasteiger partial charge in [0.25, 0.3) is 0 Å². The molecule has 1 fully saturated rings. The van der Waals surface area contributed by atoms with Gasteiger partial charge in [0.1, 0.15) is 0 Å². The second-order valence-corrected chi connectivity index (χ2v) is 3.62. The largest absolute Gasteiger partial charge is 0.504 e. The predicted octanol–water partition coefficient (Wildman–Crippen LogP) is 1.48. The van der Waals surface area contributed by atoms with Crippen molar-refractivity contribution in [1.82, 2.24) is 5.32 Å². The van der Waals surface area contributed by atoms with Gasteiger partial charge < -0.3 is 15.2 Å². The standard InChI is InChI=1S/C11H15NO2/c1-14-11-6-8(2-3-10(11)13)9-4-5-12-7-9/h2-3,6,9,12-13H,4-5,7H2,1H3/t9-/m1/s1. The van der Waals surface area contributed by atoms with Gasteiger partial charge in [-0.25, -0.2) is 0 Å². The van der Waals surface area contributed by atoms with Gasteiger partial charge >= 0.3 is 0 Å². The van der Waals surface area contributed by atoms with Crippen molar-refractivity contribution < 1.29 is 9.84 Å². The highest BCUT2D eigenvalue weighted by Gasteiger charge is 2.17. The Hall–Kier alpha value is -1.22. The number of aromatic hydroxyl groups is 1. The van der Waals surface area contributed by atoms with Crippen LogP contribution in [0.4, 0.5) is 0 Å². The highest BCUT2D eigenvalue weighted by Crippen LogP contribution is 2.31. The van der Waals surface area contributed by atoms with Crippen LogP contribution in [0.25, 0.3) is 0 Å². The van der Waals surface area contributed by atoms with Crippen LogP contribution in [-0.2, 0) is 0 Å². The zero-order valence-corrected chi connectivity index (χ0v) is 8.29. The first-order chi connectivity index (χ1) is 6.81. The molecule has 1 aromatic rings. The maximum Gasteiger partial charge on any atom is 0.160 e. The van der Waals surface area contributed by atoms with Crippen LogP contribution >= 0.6 is 0 Å². The molecule has 1 aliphatic rings. The van der Waals surface area contributed by atoms with E-state index in [4.69, 9.17) is 4.74 Å². The molecule has 76 valence electrons. The van der Waals surface area contributed by atoms with E-state index in [9.17, 15) is 5.11 Å². The third kappa shape index (κ3) is 1.68. The van der Waals surface area contributed by atoms with E-state index >= 15 is 0 Å². The molecule has 0 amide bonds. The molecule has 1 heterocycles. The molecule has 1 saturated heterocycles. The fraction of sp³-hybridized carbons (Fsp3) is 0.455. The Bertz CT molecular complexity index is 319. The summed E-state index contributed by atoms with van der Waals surface area (Å²) in [6, 6.07) is 5.59. The molecule has 1 atom stereocenters. The number of ether oxygens (including phenoxy) is 1. The molecule has 0 aromatic heterocycles. The summed E-state index contributed by atoms with van der Waals surface area (Å²) in [7, 11) is 1.58. The quantitative estimate of drug-likeness (QED) is 0.747. The summed E-state index contributed by atoms with van der Waals surface area (Å²) < 4.78 is 5.07. The zero-order valence-electron chi connectivity index (χ0n) is 8.29. The van der Waals surface area contributed by atoms with E-state index in [-0.39, 0.29) is 5.75 Å². The van der Waals surface area contributed by atoms with E-state index in [2.05, 4.69) is 5.32 Å². The van der Waals surface area contributed by atoms with Crippen LogP contribution < -0.4 is 10.1 Å². The second kappa shape index (κ2) is 3.88. The summed E-state index contributed by atoms with van der Waals surface area (Å²) in [5.41, 5.74) is 1.24. The van der Waals surface area contributed by atoms with Gasteiger partial charge in [0.2, 0.25) is 0 Å². The van der Waals surface area contributed by atoms with Gasteiger partial charge in [-0.2, -0.15) is 0 Å². The van der Waals surface area contributed by atoms with Crippen molar-refractivity contribution in [2.75, 3.05) is 20.2 Å². The third-order valence-corrected chi connectivity index (χ3v) is 2.74. The molecule has 1 aliphatic heterocycles. The third-order valence-electron chi connectivity index (χ3n) is 2.74. The predicted molar refractivity (Wildman–Crippen MR) is 54.9 cm³/mol. The van der Waals surface area contributed by atoms with Gasteiger partial charge in [-0.05, 0) is 36.6 Å². The SMILES string of the molecule is COc1cc([C@@H]2CCNC2)ccc1O. The summed E-state index contributed by atoms with van der Waals surface area (Å²) in [5, 5.41) is 12.8. The van der Waals surface area contributed by atoms with E-state index in [0.29, 0.717) is 11.7 Å².